The molecule has 1 amide bonds. The number of hydrogen-bond acceptors (Lipinski definition) is 4. The smallest absolute Gasteiger partial charge is 0.268 e. The number of hydrogen-bond donors (Lipinski definition) is 0. The highest BCUT2D eigenvalue weighted by Gasteiger charge is 2.41. The summed E-state index contributed by atoms with van der Waals surface area (Å²) in [6.45, 7) is 3.36. The Morgan fingerprint density at radius 1 is 1.38 bits per heavy atom. The van der Waals surface area contributed by atoms with Crippen LogP contribution in [0.15, 0.2) is 11.4 Å². The van der Waals surface area contributed by atoms with Crippen molar-refractivity contribution in [1.82, 2.24) is 4.31 Å². The fourth-order valence-electron chi connectivity index (χ4n) is 1.67. The lowest BCUT2D eigenvalue weighted by Crippen LogP contribution is -2.52. The van der Waals surface area contributed by atoms with Crippen LogP contribution in [0.25, 0.3) is 0 Å². The van der Waals surface area contributed by atoms with Gasteiger partial charge in [0.1, 0.15) is 5.00 Å². The van der Waals surface area contributed by atoms with Gasteiger partial charge in [-0.05, 0) is 25.3 Å². The van der Waals surface area contributed by atoms with Gasteiger partial charge in [-0.15, -0.1) is 11.3 Å². The molecule has 7 heteroatoms. The minimum absolute atomic E-state index is 0.381. The second-order valence-electron chi connectivity index (χ2n) is 3.81. The van der Waals surface area contributed by atoms with Crippen LogP contribution in [0.3, 0.4) is 0 Å². The molecule has 0 N–H and O–H groups in total. The van der Waals surface area contributed by atoms with Crippen molar-refractivity contribution < 1.29 is 13.2 Å². The molecule has 0 fully saturated rings. The van der Waals surface area contributed by atoms with Gasteiger partial charge in [-0.2, -0.15) is 8.42 Å². The summed E-state index contributed by atoms with van der Waals surface area (Å²) in [6.07, 6.45) is 0. The summed E-state index contributed by atoms with van der Waals surface area (Å²) in [5.74, 6) is -0.440. The van der Waals surface area contributed by atoms with E-state index in [9.17, 15) is 13.2 Å². The fraction of sp³-hybridized carbons (Fsp3) is 0.444. The SMILES string of the molecule is CC(C)N1C(=O)c2ccsc2N(C)S1(=O)=O. The maximum absolute atomic E-state index is 12.1. The summed E-state index contributed by atoms with van der Waals surface area (Å²) in [4.78, 5) is 12.0. The van der Waals surface area contributed by atoms with E-state index in [4.69, 9.17) is 0 Å². The molecule has 1 aliphatic heterocycles. The molecule has 1 aromatic rings. The van der Waals surface area contributed by atoms with Gasteiger partial charge in [0.25, 0.3) is 5.91 Å². The van der Waals surface area contributed by atoms with E-state index >= 15 is 0 Å². The summed E-state index contributed by atoms with van der Waals surface area (Å²) >= 11 is 1.25. The van der Waals surface area contributed by atoms with E-state index in [1.165, 1.54) is 18.4 Å². The average molecular weight is 260 g/mol. The molecule has 5 nitrogen and oxygen atoms in total. The number of nitrogens with zero attached hydrogens (tertiary/aromatic N) is 2. The minimum Gasteiger partial charge on any atom is -0.268 e. The van der Waals surface area contributed by atoms with E-state index < -0.39 is 16.1 Å². The number of anilines is 1. The van der Waals surface area contributed by atoms with Crippen LogP contribution in [-0.2, 0) is 10.2 Å². The maximum Gasteiger partial charge on any atom is 0.329 e. The molecule has 0 saturated carbocycles. The lowest BCUT2D eigenvalue weighted by Gasteiger charge is -2.35. The first-order valence-corrected chi connectivity index (χ1v) is 7.05. The summed E-state index contributed by atoms with van der Waals surface area (Å²) in [6, 6.07) is 1.27. The molecule has 2 rings (SSSR count). The van der Waals surface area contributed by atoms with Crippen molar-refractivity contribution in [1.29, 1.82) is 0 Å². The van der Waals surface area contributed by atoms with Gasteiger partial charge in [0, 0.05) is 13.1 Å². The van der Waals surface area contributed by atoms with Crippen LogP contribution in [0.1, 0.15) is 24.2 Å². The lowest BCUT2D eigenvalue weighted by molar-refractivity contribution is 0.0832. The Balaban J connectivity index is 2.67. The molecule has 0 unspecified atom stereocenters. The Labute approximate surface area is 98.5 Å². The van der Waals surface area contributed by atoms with Crippen molar-refractivity contribution in [3.63, 3.8) is 0 Å². The molecule has 2 heterocycles. The molecule has 0 radical (unpaired) electrons. The van der Waals surface area contributed by atoms with Gasteiger partial charge in [-0.3, -0.25) is 4.79 Å². The molecule has 0 atom stereocenters. The van der Waals surface area contributed by atoms with Crippen molar-refractivity contribution >= 4 is 32.5 Å². The Morgan fingerprint density at radius 2 is 2.00 bits per heavy atom. The Kier molecular flexibility index (Phi) is 2.47. The highest BCUT2D eigenvalue weighted by molar-refractivity contribution is 7.91. The quantitative estimate of drug-likeness (QED) is 0.764. The van der Waals surface area contributed by atoms with Gasteiger partial charge in [-0.1, -0.05) is 0 Å². The van der Waals surface area contributed by atoms with Crippen LogP contribution in [0, 0.1) is 0 Å². The van der Waals surface area contributed by atoms with Crippen LogP contribution in [0.5, 0.6) is 0 Å². The van der Waals surface area contributed by atoms with E-state index in [0.717, 1.165) is 8.61 Å². The lowest BCUT2D eigenvalue weighted by atomic mass is 10.2. The molecular weight excluding hydrogens is 248 g/mol. The first kappa shape index (κ1) is 11.4. The van der Waals surface area contributed by atoms with Crippen molar-refractivity contribution in [2.75, 3.05) is 11.4 Å². The largest absolute Gasteiger partial charge is 0.329 e. The molecule has 88 valence electrons. The highest BCUT2D eigenvalue weighted by Crippen LogP contribution is 2.36. The number of amides is 1. The monoisotopic (exact) mass is 260 g/mol. The van der Waals surface area contributed by atoms with Crippen molar-refractivity contribution in [3.05, 3.63) is 17.0 Å². The molecule has 0 aromatic carbocycles. The van der Waals surface area contributed by atoms with Gasteiger partial charge >= 0.3 is 10.2 Å². The summed E-state index contributed by atoms with van der Waals surface area (Å²) < 4.78 is 26.2. The second-order valence-corrected chi connectivity index (χ2v) is 6.54. The zero-order valence-electron chi connectivity index (χ0n) is 9.17. The Morgan fingerprint density at radius 3 is 2.56 bits per heavy atom. The normalized spacial score (nSPS) is 19.1. The summed E-state index contributed by atoms with van der Waals surface area (Å²) in [5.41, 5.74) is 0.455. The van der Waals surface area contributed by atoms with Crippen LogP contribution in [0.4, 0.5) is 5.00 Å². The fourth-order valence-corrected chi connectivity index (χ4v) is 4.26. The third-order valence-electron chi connectivity index (χ3n) is 2.43. The van der Waals surface area contributed by atoms with Crippen LogP contribution in [0.2, 0.25) is 0 Å². The second kappa shape index (κ2) is 3.46. The molecule has 0 aliphatic carbocycles. The highest BCUT2D eigenvalue weighted by atomic mass is 32.2. The first-order chi connectivity index (χ1) is 7.37. The first-order valence-electron chi connectivity index (χ1n) is 4.77. The maximum atomic E-state index is 12.1. The zero-order chi connectivity index (χ0) is 12.1. The molecule has 1 aliphatic rings. The number of rotatable bonds is 1. The van der Waals surface area contributed by atoms with E-state index in [2.05, 4.69) is 0 Å². The number of carbonyl (C=O) groups is 1. The van der Waals surface area contributed by atoms with E-state index in [0.29, 0.717) is 10.6 Å². The Bertz CT molecular complexity index is 533. The molecule has 0 spiro atoms. The van der Waals surface area contributed by atoms with Gasteiger partial charge in [0.2, 0.25) is 0 Å². The topological polar surface area (TPSA) is 57.7 Å². The number of fused-ring (bicyclic) bond motifs is 1. The van der Waals surface area contributed by atoms with Crippen LogP contribution in [-0.4, -0.2) is 31.7 Å². The summed E-state index contributed by atoms with van der Waals surface area (Å²) in [5, 5.41) is 2.21. The average Bonchev–Trinajstić information content (AvgIpc) is 2.62. The van der Waals surface area contributed by atoms with Crippen LogP contribution >= 0.6 is 11.3 Å². The molecule has 16 heavy (non-hydrogen) atoms. The van der Waals surface area contributed by atoms with Crippen LogP contribution < -0.4 is 4.31 Å². The number of thiophene rings is 1. The van der Waals surface area contributed by atoms with Crippen molar-refractivity contribution in [3.8, 4) is 0 Å². The van der Waals surface area contributed by atoms with Crippen molar-refractivity contribution in [2.45, 2.75) is 19.9 Å². The number of carbonyl (C=O) groups excluding carboxylic acids is 1. The van der Waals surface area contributed by atoms with Crippen molar-refractivity contribution in [2.24, 2.45) is 0 Å². The standard InChI is InChI=1S/C9H12N2O3S2/c1-6(2)11-8(12)7-4-5-15-9(7)10(3)16(11,13)14/h4-6H,1-3H3. The van der Waals surface area contributed by atoms with E-state index in [1.54, 1.807) is 25.3 Å². The van der Waals surface area contributed by atoms with Gasteiger partial charge < -0.3 is 0 Å². The summed E-state index contributed by atoms with van der Waals surface area (Å²) in [7, 11) is -2.24. The van der Waals surface area contributed by atoms with E-state index in [-0.39, 0.29) is 6.04 Å². The van der Waals surface area contributed by atoms with Gasteiger partial charge in [0.05, 0.1) is 5.56 Å². The van der Waals surface area contributed by atoms with Gasteiger partial charge in [0.15, 0.2) is 0 Å². The van der Waals surface area contributed by atoms with E-state index in [1.807, 2.05) is 0 Å². The predicted molar refractivity (Wildman–Crippen MR) is 62.9 cm³/mol. The Hall–Kier alpha value is -1.08. The van der Waals surface area contributed by atoms with Gasteiger partial charge in [-0.25, -0.2) is 8.61 Å². The predicted octanol–water partition coefficient (Wildman–Crippen LogP) is 1.29. The molecule has 0 saturated heterocycles. The molecule has 1 aromatic heterocycles. The zero-order valence-corrected chi connectivity index (χ0v) is 10.8. The third-order valence-corrected chi connectivity index (χ3v) is 5.49. The minimum atomic E-state index is -3.71. The molecular formula is C9H12N2O3S2. The molecule has 0 bridgehead atoms. The third kappa shape index (κ3) is 1.35.